The van der Waals surface area contributed by atoms with Gasteiger partial charge >= 0.3 is 0 Å². The minimum absolute atomic E-state index is 0.127. The molecule has 4 rings (SSSR count). The number of aryl methyl sites for hydroxylation is 1. The third-order valence-electron chi connectivity index (χ3n) is 4.78. The van der Waals surface area contributed by atoms with E-state index in [0.29, 0.717) is 27.9 Å². The number of aromatic nitrogens is 3. The predicted molar refractivity (Wildman–Crippen MR) is 125 cm³/mol. The third kappa shape index (κ3) is 5.55. The number of nitrogens with one attached hydrogen (secondary N) is 1. The Morgan fingerprint density at radius 3 is 2.55 bits per heavy atom. The van der Waals surface area contributed by atoms with Crippen LogP contribution in [0.2, 0.25) is 5.02 Å². The first-order valence-electron chi connectivity index (χ1n) is 9.98. The number of hydrogen-bond acceptors (Lipinski definition) is 5. The fourth-order valence-corrected chi connectivity index (χ4v) is 3.33. The fraction of sp³-hybridized carbons (Fsp3) is 0.0833. The maximum Gasteiger partial charge on any atom is 0.250 e. The SMILES string of the molecule is Cn1cc(-c2cc(Oc3ccc(NC(=O)Cc4ccc(Cl)cc4)c(C(N)=O)c3)ccn2)cn1. The second kappa shape index (κ2) is 9.54. The van der Waals surface area contributed by atoms with Crippen LogP contribution >= 0.6 is 11.6 Å². The average molecular weight is 462 g/mol. The van der Waals surface area contributed by atoms with Gasteiger partial charge in [0, 0.05) is 36.1 Å². The second-order valence-electron chi connectivity index (χ2n) is 7.30. The molecule has 4 aromatic rings. The summed E-state index contributed by atoms with van der Waals surface area (Å²) in [5.74, 6) is -0.0570. The Hall–Kier alpha value is -4.17. The Balaban J connectivity index is 1.50. The highest BCUT2D eigenvalue weighted by Crippen LogP contribution is 2.28. The van der Waals surface area contributed by atoms with Gasteiger partial charge in [0.15, 0.2) is 0 Å². The number of halogens is 1. The van der Waals surface area contributed by atoms with Gasteiger partial charge in [-0.05, 0) is 42.0 Å². The van der Waals surface area contributed by atoms with Gasteiger partial charge in [-0.3, -0.25) is 19.3 Å². The summed E-state index contributed by atoms with van der Waals surface area (Å²) in [5.41, 5.74) is 8.32. The van der Waals surface area contributed by atoms with Crippen molar-refractivity contribution in [3.8, 4) is 22.8 Å². The maximum absolute atomic E-state index is 12.5. The van der Waals surface area contributed by atoms with Gasteiger partial charge in [0.25, 0.3) is 5.91 Å². The molecular formula is C24H20ClN5O3. The molecule has 2 amide bonds. The highest BCUT2D eigenvalue weighted by molar-refractivity contribution is 6.30. The van der Waals surface area contributed by atoms with Crippen LogP contribution in [0.5, 0.6) is 11.5 Å². The lowest BCUT2D eigenvalue weighted by Gasteiger charge is -2.12. The monoisotopic (exact) mass is 461 g/mol. The second-order valence-corrected chi connectivity index (χ2v) is 7.74. The molecular weight excluding hydrogens is 442 g/mol. The Morgan fingerprint density at radius 2 is 1.85 bits per heavy atom. The van der Waals surface area contributed by atoms with Crippen LogP contribution in [0.1, 0.15) is 15.9 Å². The number of nitrogens with zero attached hydrogens (tertiary/aromatic N) is 3. The van der Waals surface area contributed by atoms with Crippen LogP contribution in [0, 0.1) is 0 Å². The van der Waals surface area contributed by atoms with Gasteiger partial charge in [-0.1, -0.05) is 23.7 Å². The minimum Gasteiger partial charge on any atom is -0.457 e. The number of carbonyl (C=O) groups excluding carboxylic acids is 2. The zero-order chi connectivity index (χ0) is 23.4. The minimum atomic E-state index is -0.687. The van der Waals surface area contributed by atoms with Crippen molar-refractivity contribution in [3.05, 3.63) is 89.3 Å². The van der Waals surface area contributed by atoms with Crippen molar-refractivity contribution >= 4 is 29.1 Å². The van der Waals surface area contributed by atoms with Gasteiger partial charge in [-0.2, -0.15) is 5.10 Å². The summed E-state index contributed by atoms with van der Waals surface area (Å²) in [4.78, 5) is 28.8. The molecule has 0 bridgehead atoms. The van der Waals surface area contributed by atoms with Crippen molar-refractivity contribution in [1.29, 1.82) is 0 Å². The van der Waals surface area contributed by atoms with Crippen LogP contribution in [0.3, 0.4) is 0 Å². The maximum atomic E-state index is 12.5. The van der Waals surface area contributed by atoms with Crippen LogP contribution < -0.4 is 15.8 Å². The number of pyridine rings is 1. The normalized spacial score (nSPS) is 10.6. The van der Waals surface area contributed by atoms with E-state index in [1.807, 2.05) is 13.2 Å². The van der Waals surface area contributed by atoms with Gasteiger partial charge in [0.2, 0.25) is 5.91 Å². The molecule has 2 aromatic carbocycles. The molecule has 0 radical (unpaired) electrons. The summed E-state index contributed by atoms with van der Waals surface area (Å²) in [6.07, 6.45) is 5.30. The number of anilines is 1. The van der Waals surface area contributed by atoms with Crippen molar-refractivity contribution in [2.75, 3.05) is 5.32 Å². The standard InChI is InChI=1S/C24H20ClN5O3/c1-30-14-16(13-28-30)22-12-19(8-9-27-22)33-18-6-7-21(20(11-18)24(26)32)29-23(31)10-15-2-4-17(25)5-3-15/h2-9,11-14H,10H2,1H3,(H2,26,32)(H,29,31). The van der Waals surface area contributed by atoms with E-state index in [1.54, 1.807) is 65.6 Å². The van der Waals surface area contributed by atoms with Crippen LogP contribution in [0.25, 0.3) is 11.3 Å². The van der Waals surface area contributed by atoms with E-state index in [-0.39, 0.29) is 17.9 Å². The number of rotatable bonds is 7. The van der Waals surface area contributed by atoms with E-state index >= 15 is 0 Å². The molecule has 166 valence electrons. The van der Waals surface area contributed by atoms with Crippen molar-refractivity contribution < 1.29 is 14.3 Å². The molecule has 3 N–H and O–H groups in total. The van der Waals surface area contributed by atoms with Crippen molar-refractivity contribution in [2.24, 2.45) is 12.8 Å². The first-order chi connectivity index (χ1) is 15.9. The number of hydrogen-bond donors (Lipinski definition) is 2. The van der Waals surface area contributed by atoms with Gasteiger partial charge in [-0.25, -0.2) is 0 Å². The van der Waals surface area contributed by atoms with Crippen molar-refractivity contribution in [3.63, 3.8) is 0 Å². The quantitative estimate of drug-likeness (QED) is 0.428. The van der Waals surface area contributed by atoms with Crippen molar-refractivity contribution in [1.82, 2.24) is 14.8 Å². The molecule has 0 aliphatic carbocycles. The van der Waals surface area contributed by atoms with Crippen LogP contribution in [-0.2, 0) is 18.3 Å². The van der Waals surface area contributed by atoms with Crippen LogP contribution in [0.4, 0.5) is 5.69 Å². The molecule has 9 heteroatoms. The molecule has 33 heavy (non-hydrogen) atoms. The summed E-state index contributed by atoms with van der Waals surface area (Å²) in [6, 6.07) is 15.1. The Bertz CT molecular complexity index is 1320. The summed E-state index contributed by atoms with van der Waals surface area (Å²) in [5, 5.41) is 7.47. The lowest BCUT2D eigenvalue weighted by molar-refractivity contribution is -0.115. The zero-order valence-corrected chi connectivity index (χ0v) is 18.4. The smallest absolute Gasteiger partial charge is 0.250 e. The van der Waals surface area contributed by atoms with Crippen LogP contribution in [0.15, 0.2) is 73.2 Å². The molecule has 0 aliphatic rings. The molecule has 0 spiro atoms. The molecule has 0 unspecified atom stereocenters. The molecule has 0 saturated heterocycles. The molecule has 2 aromatic heterocycles. The van der Waals surface area contributed by atoms with E-state index in [4.69, 9.17) is 22.1 Å². The van der Waals surface area contributed by atoms with E-state index in [1.165, 1.54) is 6.07 Å². The number of benzene rings is 2. The highest BCUT2D eigenvalue weighted by atomic mass is 35.5. The number of ether oxygens (including phenoxy) is 1. The molecule has 0 atom stereocenters. The van der Waals surface area contributed by atoms with E-state index in [2.05, 4.69) is 15.4 Å². The zero-order valence-electron chi connectivity index (χ0n) is 17.7. The molecule has 0 aliphatic heterocycles. The number of nitrogens with two attached hydrogens (primary N) is 1. The summed E-state index contributed by atoms with van der Waals surface area (Å²) < 4.78 is 7.59. The van der Waals surface area contributed by atoms with Gasteiger partial charge in [0.05, 0.1) is 29.6 Å². The molecule has 2 heterocycles. The third-order valence-corrected chi connectivity index (χ3v) is 5.03. The first kappa shape index (κ1) is 22.0. The Morgan fingerprint density at radius 1 is 1.09 bits per heavy atom. The molecule has 0 fully saturated rings. The van der Waals surface area contributed by atoms with Gasteiger partial charge in [-0.15, -0.1) is 0 Å². The van der Waals surface area contributed by atoms with E-state index < -0.39 is 5.91 Å². The van der Waals surface area contributed by atoms with Crippen molar-refractivity contribution in [2.45, 2.75) is 6.42 Å². The first-order valence-corrected chi connectivity index (χ1v) is 10.4. The lowest BCUT2D eigenvalue weighted by Crippen LogP contribution is -2.19. The van der Waals surface area contributed by atoms with Gasteiger partial charge in [0.1, 0.15) is 11.5 Å². The average Bonchev–Trinajstić information content (AvgIpc) is 3.23. The molecule has 0 saturated carbocycles. The molecule has 8 nitrogen and oxygen atoms in total. The lowest BCUT2D eigenvalue weighted by atomic mass is 10.1. The number of carbonyl (C=O) groups is 2. The predicted octanol–water partition coefficient (Wildman–Crippen LogP) is 4.21. The number of amides is 2. The van der Waals surface area contributed by atoms with E-state index in [0.717, 1.165) is 11.1 Å². The van der Waals surface area contributed by atoms with Crippen LogP contribution in [-0.4, -0.2) is 26.6 Å². The van der Waals surface area contributed by atoms with Gasteiger partial charge < -0.3 is 15.8 Å². The largest absolute Gasteiger partial charge is 0.457 e. The Labute approximate surface area is 195 Å². The fourth-order valence-electron chi connectivity index (χ4n) is 3.20. The topological polar surface area (TPSA) is 112 Å². The summed E-state index contributed by atoms with van der Waals surface area (Å²) in [6.45, 7) is 0. The highest BCUT2D eigenvalue weighted by Gasteiger charge is 2.14. The summed E-state index contributed by atoms with van der Waals surface area (Å²) >= 11 is 5.88. The number of primary amides is 1. The Kier molecular flexibility index (Phi) is 6.37. The summed E-state index contributed by atoms with van der Waals surface area (Å²) in [7, 11) is 1.82. The van der Waals surface area contributed by atoms with E-state index in [9.17, 15) is 9.59 Å².